The van der Waals surface area contributed by atoms with Crippen molar-refractivity contribution in [2.75, 3.05) is 23.7 Å². The first kappa shape index (κ1) is 29.4. The molecule has 8 nitrogen and oxygen atoms in total. The van der Waals surface area contributed by atoms with Crippen LogP contribution in [0.4, 0.5) is 11.9 Å². The van der Waals surface area contributed by atoms with Gasteiger partial charge in [-0.2, -0.15) is 19.2 Å². The summed E-state index contributed by atoms with van der Waals surface area (Å²) in [5, 5.41) is 16.9. The molecule has 0 bridgehead atoms. The highest BCUT2D eigenvalue weighted by molar-refractivity contribution is 5.85. The molecule has 0 radical (unpaired) electrons. The molecule has 44 heavy (non-hydrogen) atoms. The number of hydrogen-bond acceptors (Lipinski definition) is 6. The van der Waals surface area contributed by atoms with Crippen LogP contribution >= 0.6 is 0 Å². The second-order valence-corrected chi connectivity index (χ2v) is 13.6. The molecular weight excluding hydrogens is 544 g/mol. The molecule has 0 aliphatic heterocycles. The summed E-state index contributed by atoms with van der Waals surface area (Å²) < 4.78 is 3.94. The van der Waals surface area contributed by atoms with Gasteiger partial charge in [0.05, 0.1) is 33.8 Å². The van der Waals surface area contributed by atoms with Crippen molar-refractivity contribution in [2.24, 2.45) is 0 Å². The Morgan fingerprint density at radius 2 is 0.932 bits per heavy atom. The van der Waals surface area contributed by atoms with Gasteiger partial charge in [0, 0.05) is 35.0 Å². The van der Waals surface area contributed by atoms with E-state index in [0.717, 1.165) is 68.0 Å². The van der Waals surface area contributed by atoms with E-state index in [9.17, 15) is 0 Å². The molecule has 8 heteroatoms. The van der Waals surface area contributed by atoms with Crippen molar-refractivity contribution in [1.29, 1.82) is 0 Å². The zero-order valence-corrected chi connectivity index (χ0v) is 27.0. The molecule has 0 unspecified atom stereocenters. The second-order valence-electron chi connectivity index (χ2n) is 13.6. The summed E-state index contributed by atoms with van der Waals surface area (Å²) in [5.74, 6) is 1.47. The Balaban J connectivity index is 1.33. The number of aryl methyl sites for hydroxylation is 2. The van der Waals surface area contributed by atoms with Crippen LogP contribution in [0.25, 0.3) is 33.3 Å². The van der Waals surface area contributed by atoms with Crippen molar-refractivity contribution < 1.29 is 0 Å². The number of rotatable bonds is 7. The molecule has 0 fully saturated rings. The minimum absolute atomic E-state index is 0.165. The lowest BCUT2D eigenvalue weighted by atomic mass is 9.89. The highest BCUT2D eigenvalue weighted by atomic mass is 15.3. The van der Waals surface area contributed by atoms with E-state index < -0.39 is 0 Å². The lowest BCUT2D eigenvalue weighted by Gasteiger charge is -2.17. The molecule has 6 aromatic rings. The van der Waals surface area contributed by atoms with Crippen LogP contribution in [0.1, 0.15) is 64.3 Å². The van der Waals surface area contributed by atoms with Crippen LogP contribution in [0.5, 0.6) is 0 Å². The van der Waals surface area contributed by atoms with Crippen LogP contribution in [0.2, 0.25) is 0 Å². The Bertz CT molecular complexity index is 1790. The first-order valence-corrected chi connectivity index (χ1v) is 15.3. The summed E-state index contributed by atoms with van der Waals surface area (Å²) in [7, 11) is 0. The zero-order valence-electron chi connectivity index (χ0n) is 27.0. The molecule has 0 amide bonds. The third-order valence-corrected chi connectivity index (χ3v) is 7.72. The summed E-state index contributed by atoms with van der Waals surface area (Å²) in [5.41, 5.74) is 10.2. The van der Waals surface area contributed by atoms with Gasteiger partial charge in [0.1, 0.15) is 0 Å². The van der Waals surface area contributed by atoms with Gasteiger partial charge >= 0.3 is 0 Å². The Hall–Kier alpha value is -4.72. The molecule has 0 atom stereocenters. The normalized spacial score (nSPS) is 12.3. The average Bonchev–Trinajstić information content (AvgIpc) is 3.54. The first-order chi connectivity index (χ1) is 20.9. The van der Waals surface area contributed by atoms with Crippen LogP contribution in [-0.2, 0) is 10.8 Å². The number of fused-ring (bicyclic) bond motifs is 2. The number of benzene rings is 2. The zero-order chi connectivity index (χ0) is 31.2. The van der Waals surface area contributed by atoms with Crippen LogP contribution in [0.15, 0.2) is 72.8 Å². The highest BCUT2D eigenvalue weighted by Gasteiger charge is 2.28. The number of nitrogens with zero attached hydrogens (tertiary/aromatic N) is 6. The van der Waals surface area contributed by atoms with E-state index in [-0.39, 0.29) is 10.8 Å². The van der Waals surface area contributed by atoms with Crippen LogP contribution < -0.4 is 10.6 Å². The lowest BCUT2D eigenvalue weighted by Crippen LogP contribution is -2.17. The van der Waals surface area contributed by atoms with E-state index in [1.165, 1.54) is 0 Å². The summed E-state index contributed by atoms with van der Waals surface area (Å²) >= 11 is 0. The van der Waals surface area contributed by atoms with Crippen molar-refractivity contribution in [3.63, 3.8) is 0 Å². The van der Waals surface area contributed by atoms with Gasteiger partial charge in [-0.25, -0.2) is 9.97 Å². The Labute approximate surface area is 259 Å². The summed E-state index contributed by atoms with van der Waals surface area (Å²) in [6, 6.07) is 25.3. The van der Waals surface area contributed by atoms with Crippen molar-refractivity contribution in [3.05, 3.63) is 95.6 Å². The summed E-state index contributed by atoms with van der Waals surface area (Å²) in [4.78, 5) is 10.2. The summed E-state index contributed by atoms with van der Waals surface area (Å²) in [6.07, 6.45) is 0. The molecule has 4 heterocycles. The SMILES string of the molecule is Cc1cc(-c2ccccc2)c2c(C(C)(C)C)nc(NCCNc3nc(C(C)(C)C)c4c(-c5ccccc5)cc(C)nn34)n2n1. The van der Waals surface area contributed by atoms with Gasteiger partial charge in [0.2, 0.25) is 11.9 Å². The van der Waals surface area contributed by atoms with Gasteiger partial charge in [-0.05, 0) is 37.1 Å². The third-order valence-electron chi connectivity index (χ3n) is 7.72. The lowest BCUT2D eigenvalue weighted by molar-refractivity contribution is 0.577. The summed E-state index contributed by atoms with van der Waals surface area (Å²) in [6.45, 7) is 18.5. The fraction of sp³-hybridized carbons (Fsp3) is 0.333. The molecule has 0 saturated carbocycles. The number of aromatic nitrogens is 6. The number of nitrogens with one attached hydrogen (secondary N) is 2. The second kappa shape index (κ2) is 11.1. The van der Waals surface area contributed by atoms with Crippen molar-refractivity contribution in [1.82, 2.24) is 29.2 Å². The molecule has 0 saturated heterocycles. The predicted molar refractivity (Wildman–Crippen MR) is 181 cm³/mol. The maximum Gasteiger partial charge on any atom is 0.224 e. The maximum absolute atomic E-state index is 5.10. The first-order valence-electron chi connectivity index (χ1n) is 15.3. The smallest absolute Gasteiger partial charge is 0.224 e. The van der Waals surface area contributed by atoms with Gasteiger partial charge in [0.15, 0.2) is 0 Å². The predicted octanol–water partition coefficient (Wildman–Crippen LogP) is 7.84. The highest BCUT2D eigenvalue weighted by Crippen LogP contribution is 2.36. The van der Waals surface area contributed by atoms with Gasteiger partial charge in [-0.3, -0.25) is 0 Å². The minimum atomic E-state index is -0.165. The molecular formula is C36H42N8. The van der Waals surface area contributed by atoms with E-state index in [4.69, 9.17) is 20.2 Å². The Morgan fingerprint density at radius 3 is 1.27 bits per heavy atom. The molecule has 2 aromatic carbocycles. The van der Waals surface area contributed by atoms with Gasteiger partial charge < -0.3 is 10.6 Å². The monoisotopic (exact) mass is 586 g/mol. The fourth-order valence-electron chi connectivity index (χ4n) is 5.73. The number of imidazole rings is 2. The third kappa shape index (κ3) is 5.52. The largest absolute Gasteiger partial charge is 0.352 e. The maximum atomic E-state index is 5.10. The topological polar surface area (TPSA) is 84.4 Å². The van der Waals surface area contributed by atoms with E-state index in [2.05, 4.69) is 113 Å². The minimum Gasteiger partial charge on any atom is -0.352 e. The van der Waals surface area contributed by atoms with Crippen LogP contribution in [-0.4, -0.2) is 42.3 Å². The van der Waals surface area contributed by atoms with Crippen molar-refractivity contribution in [2.45, 2.75) is 66.2 Å². The average molecular weight is 587 g/mol. The van der Waals surface area contributed by atoms with E-state index in [1.807, 2.05) is 35.0 Å². The number of hydrogen-bond donors (Lipinski definition) is 2. The molecule has 6 rings (SSSR count). The van der Waals surface area contributed by atoms with Gasteiger partial charge in [0.25, 0.3) is 0 Å². The molecule has 0 aliphatic carbocycles. The molecule has 2 N–H and O–H groups in total. The molecule has 0 spiro atoms. The number of anilines is 2. The standard InChI is InChI=1S/C36H42N8/c1-23-21-27(25-15-11-9-12-16-25)29-31(35(3,4)5)39-33(43(29)41-23)37-19-20-38-34-40-32(36(6,7)8)30-28(22-24(2)42-44(30)34)26-17-13-10-14-18-26/h9-18,21-22H,19-20H2,1-8H3,(H,37,39)(H,38,40). The molecule has 226 valence electrons. The van der Waals surface area contributed by atoms with Crippen molar-refractivity contribution in [3.8, 4) is 22.3 Å². The Kier molecular flexibility index (Phi) is 7.40. The quantitative estimate of drug-likeness (QED) is 0.185. The van der Waals surface area contributed by atoms with Crippen LogP contribution in [0, 0.1) is 13.8 Å². The molecule has 0 aliphatic rings. The fourth-order valence-corrected chi connectivity index (χ4v) is 5.73. The van der Waals surface area contributed by atoms with Gasteiger partial charge in [-0.1, -0.05) is 102 Å². The van der Waals surface area contributed by atoms with E-state index in [1.54, 1.807) is 0 Å². The van der Waals surface area contributed by atoms with Crippen LogP contribution in [0.3, 0.4) is 0 Å². The van der Waals surface area contributed by atoms with E-state index >= 15 is 0 Å². The Morgan fingerprint density at radius 1 is 0.568 bits per heavy atom. The van der Waals surface area contributed by atoms with Gasteiger partial charge in [-0.15, -0.1) is 0 Å². The van der Waals surface area contributed by atoms with Crippen molar-refractivity contribution >= 4 is 22.9 Å². The van der Waals surface area contributed by atoms with E-state index in [0.29, 0.717) is 13.1 Å². The molecule has 4 aromatic heterocycles.